The minimum Gasteiger partial charge on any atom is -0.325 e. The van der Waals surface area contributed by atoms with Crippen molar-refractivity contribution in [2.24, 2.45) is 5.10 Å². The van der Waals surface area contributed by atoms with Gasteiger partial charge in [0.1, 0.15) is 0 Å². The molecule has 1 aromatic carbocycles. The van der Waals surface area contributed by atoms with E-state index in [2.05, 4.69) is 15.5 Å². The number of hydrazone groups is 1. The normalized spacial score (nSPS) is 16.3. The van der Waals surface area contributed by atoms with E-state index < -0.39 is 10.0 Å². The summed E-state index contributed by atoms with van der Waals surface area (Å²) in [6, 6.07) is 10.5. The van der Waals surface area contributed by atoms with Crippen molar-refractivity contribution in [1.29, 1.82) is 0 Å². The van der Waals surface area contributed by atoms with Crippen molar-refractivity contribution in [2.75, 3.05) is 32.7 Å². The summed E-state index contributed by atoms with van der Waals surface area (Å²) in [4.78, 5) is 17.3. The maximum absolute atomic E-state index is 12.7. The predicted molar refractivity (Wildman–Crippen MR) is 105 cm³/mol. The Balaban J connectivity index is 1.48. The fourth-order valence-electron chi connectivity index (χ4n) is 2.98. The second-order valence-electron chi connectivity index (χ2n) is 6.72. The summed E-state index contributed by atoms with van der Waals surface area (Å²) in [5.74, 6) is -0.204. The van der Waals surface area contributed by atoms with Crippen molar-refractivity contribution in [3.05, 3.63) is 59.9 Å². The topological polar surface area (TPSA) is 96.2 Å². The second kappa shape index (κ2) is 9.05. The van der Waals surface area contributed by atoms with Crippen LogP contribution in [0.2, 0.25) is 0 Å². The van der Waals surface area contributed by atoms with Crippen LogP contribution in [0.15, 0.2) is 58.8 Å². The number of quaternary nitrogens is 1. The van der Waals surface area contributed by atoms with E-state index in [0.717, 1.165) is 16.0 Å². The first-order chi connectivity index (χ1) is 13.4. The number of nitrogens with zero attached hydrogens (tertiary/aromatic N) is 3. The summed E-state index contributed by atoms with van der Waals surface area (Å²) >= 11 is 0. The third-order valence-corrected chi connectivity index (χ3v) is 6.50. The largest absolute Gasteiger partial charge is 0.325 e. The maximum Gasteiger partial charge on any atom is 0.295 e. The van der Waals surface area contributed by atoms with Gasteiger partial charge in [0.25, 0.3) is 5.91 Å². The van der Waals surface area contributed by atoms with E-state index in [1.54, 1.807) is 42.7 Å². The van der Waals surface area contributed by atoms with E-state index in [1.165, 1.54) is 10.5 Å². The number of hydrogen-bond donors (Lipinski definition) is 2. The van der Waals surface area contributed by atoms with Crippen molar-refractivity contribution >= 4 is 22.1 Å². The van der Waals surface area contributed by atoms with Crippen LogP contribution in [0.25, 0.3) is 0 Å². The molecule has 0 bridgehead atoms. The maximum atomic E-state index is 12.7. The van der Waals surface area contributed by atoms with Crippen LogP contribution in [-0.2, 0) is 14.8 Å². The van der Waals surface area contributed by atoms with Gasteiger partial charge in [-0.2, -0.15) is 9.41 Å². The summed E-state index contributed by atoms with van der Waals surface area (Å²) in [6.45, 7) is 4.10. The third kappa shape index (κ3) is 5.22. The Kier molecular flexibility index (Phi) is 6.50. The van der Waals surface area contributed by atoms with Crippen molar-refractivity contribution in [3.8, 4) is 0 Å². The van der Waals surface area contributed by atoms with Gasteiger partial charge in [0.2, 0.25) is 10.0 Å². The number of sulfonamides is 1. The minimum atomic E-state index is -3.49. The Morgan fingerprint density at radius 3 is 2.61 bits per heavy atom. The Labute approximate surface area is 164 Å². The smallest absolute Gasteiger partial charge is 0.295 e. The lowest BCUT2D eigenvalue weighted by atomic mass is 10.2. The number of amides is 1. The van der Waals surface area contributed by atoms with E-state index in [-0.39, 0.29) is 12.5 Å². The molecule has 0 unspecified atom stereocenters. The Morgan fingerprint density at radius 1 is 1.25 bits per heavy atom. The molecule has 0 aliphatic carbocycles. The van der Waals surface area contributed by atoms with E-state index in [4.69, 9.17) is 0 Å². The van der Waals surface area contributed by atoms with Crippen molar-refractivity contribution in [2.45, 2.75) is 11.8 Å². The molecular weight excluding hydrogens is 378 g/mol. The minimum absolute atomic E-state index is 0.204. The van der Waals surface area contributed by atoms with Crippen molar-refractivity contribution in [3.63, 3.8) is 0 Å². The molecule has 1 aromatic heterocycles. The predicted octanol–water partition coefficient (Wildman–Crippen LogP) is -0.570. The van der Waals surface area contributed by atoms with Crippen molar-refractivity contribution < 1.29 is 18.1 Å². The van der Waals surface area contributed by atoms with Gasteiger partial charge in [-0.05, 0) is 25.1 Å². The lowest BCUT2D eigenvalue weighted by Gasteiger charge is -2.31. The first-order valence-corrected chi connectivity index (χ1v) is 10.5. The van der Waals surface area contributed by atoms with Crippen LogP contribution in [0.5, 0.6) is 0 Å². The standard InChI is InChI=1S/C19H23N5O3S/c1-16-4-6-18(7-5-16)28(26,27)24-11-9-23(10-12-24)15-19(25)22-21-14-17-3-2-8-20-13-17/h2-8,13-14H,9-12,15H2,1H3,(H,22,25)/p+1. The highest BCUT2D eigenvalue weighted by Gasteiger charge is 2.30. The van der Waals surface area contributed by atoms with Crippen LogP contribution in [0.3, 0.4) is 0 Å². The van der Waals surface area contributed by atoms with Gasteiger partial charge in [0.15, 0.2) is 6.54 Å². The number of aryl methyl sites for hydroxylation is 1. The number of nitrogens with one attached hydrogen (secondary N) is 2. The Bertz CT molecular complexity index is 922. The molecule has 148 valence electrons. The zero-order chi connectivity index (χ0) is 20.0. The molecule has 2 N–H and O–H groups in total. The van der Waals surface area contributed by atoms with Gasteiger partial charge in [0, 0.05) is 18.0 Å². The van der Waals surface area contributed by atoms with Gasteiger partial charge in [-0.15, -0.1) is 0 Å². The fourth-order valence-corrected chi connectivity index (χ4v) is 4.42. The quantitative estimate of drug-likeness (QED) is 0.500. The molecule has 2 heterocycles. The molecule has 1 aliphatic heterocycles. The second-order valence-corrected chi connectivity index (χ2v) is 8.66. The van der Waals surface area contributed by atoms with Crippen LogP contribution in [-0.4, -0.2) is 62.6 Å². The molecule has 9 heteroatoms. The van der Waals surface area contributed by atoms with E-state index in [0.29, 0.717) is 31.1 Å². The van der Waals surface area contributed by atoms with Gasteiger partial charge in [-0.25, -0.2) is 13.8 Å². The Hall–Kier alpha value is -2.62. The average molecular weight is 403 g/mol. The lowest BCUT2D eigenvalue weighted by molar-refractivity contribution is -0.895. The molecule has 28 heavy (non-hydrogen) atoms. The van der Waals surface area contributed by atoms with E-state index >= 15 is 0 Å². The fraction of sp³-hybridized carbons (Fsp3) is 0.316. The first-order valence-electron chi connectivity index (χ1n) is 9.07. The number of aromatic nitrogens is 1. The summed E-state index contributed by atoms with van der Waals surface area (Å²) in [5.41, 5.74) is 4.32. The molecule has 1 fully saturated rings. The van der Waals surface area contributed by atoms with Crippen LogP contribution in [0.4, 0.5) is 0 Å². The zero-order valence-corrected chi connectivity index (χ0v) is 16.5. The Morgan fingerprint density at radius 2 is 1.96 bits per heavy atom. The molecule has 0 spiro atoms. The number of hydrogen-bond acceptors (Lipinski definition) is 5. The number of pyridine rings is 1. The highest BCUT2D eigenvalue weighted by Crippen LogP contribution is 2.16. The van der Waals surface area contributed by atoms with E-state index in [9.17, 15) is 13.2 Å². The summed E-state index contributed by atoms with van der Waals surface area (Å²) in [5, 5.41) is 3.92. The molecule has 3 rings (SSSR count). The van der Waals surface area contributed by atoms with Gasteiger partial charge >= 0.3 is 0 Å². The van der Waals surface area contributed by atoms with Gasteiger partial charge in [-0.1, -0.05) is 23.8 Å². The molecule has 1 amide bonds. The zero-order valence-electron chi connectivity index (χ0n) is 15.7. The van der Waals surface area contributed by atoms with Crippen LogP contribution in [0, 0.1) is 6.92 Å². The molecule has 1 aliphatic rings. The molecule has 0 saturated carbocycles. The van der Waals surface area contributed by atoms with Gasteiger partial charge < -0.3 is 4.90 Å². The van der Waals surface area contributed by atoms with Crippen molar-refractivity contribution in [1.82, 2.24) is 14.7 Å². The lowest BCUT2D eigenvalue weighted by Crippen LogP contribution is -3.15. The number of carbonyl (C=O) groups is 1. The van der Waals surface area contributed by atoms with Crippen LogP contribution >= 0.6 is 0 Å². The average Bonchev–Trinajstić information content (AvgIpc) is 2.69. The number of rotatable bonds is 6. The molecule has 2 aromatic rings. The number of carbonyl (C=O) groups excluding carboxylic acids is 1. The molecule has 0 atom stereocenters. The summed E-state index contributed by atoms with van der Waals surface area (Å²) in [7, 11) is -3.49. The molecule has 8 nitrogen and oxygen atoms in total. The van der Waals surface area contributed by atoms with Crippen LogP contribution in [0.1, 0.15) is 11.1 Å². The van der Waals surface area contributed by atoms with Gasteiger partial charge in [-0.3, -0.25) is 9.78 Å². The molecule has 1 saturated heterocycles. The summed E-state index contributed by atoms with van der Waals surface area (Å²) in [6.07, 6.45) is 4.85. The first kappa shape index (κ1) is 20.1. The highest BCUT2D eigenvalue weighted by molar-refractivity contribution is 7.89. The summed E-state index contributed by atoms with van der Waals surface area (Å²) < 4.78 is 26.9. The van der Waals surface area contributed by atoms with Crippen LogP contribution < -0.4 is 10.3 Å². The third-order valence-electron chi connectivity index (χ3n) is 4.59. The SMILES string of the molecule is Cc1ccc(S(=O)(=O)N2CC[NH+](CC(=O)NN=Cc3cccnc3)CC2)cc1. The highest BCUT2D eigenvalue weighted by atomic mass is 32.2. The van der Waals surface area contributed by atoms with Gasteiger partial charge in [0.05, 0.1) is 37.3 Å². The monoisotopic (exact) mass is 402 g/mol. The molecular formula is C19H24N5O3S+. The van der Waals surface area contributed by atoms with E-state index in [1.807, 2.05) is 13.0 Å². The number of piperazine rings is 1. The number of benzene rings is 1. The molecule has 0 radical (unpaired) electrons.